The Morgan fingerprint density at radius 1 is 1.23 bits per heavy atom. The standard InChI is InChI=1S/C20H30N2O3S/c1-21(15-18(23)24)16-7-5-12-22(13-9-16)19(25)20(10-3-2-4-11-20)17-8-6-14-26-17/h6,8,14,16H,2-5,7,9-13,15H2,1H3,(H,23,24). The van der Waals surface area contributed by atoms with Crippen molar-refractivity contribution in [2.45, 2.75) is 62.8 Å². The molecule has 0 radical (unpaired) electrons. The van der Waals surface area contributed by atoms with Crippen LogP contribution in [0.1, 0.15) is 56.2 Å². The van der Waals surface area contributed by atoms with Gasteiger partial charge in [0.25, 0.3) is 0 Å². The van der Waals surface area contributed by atoms with Crippen molar-refractivity contribution >= 4 is 23.2 Å². The summed E-state index contributed by atoms with van der Waals surface area (Å²) in [5, 5.41) is 11.1. The van der Waals surface area contributed by atoms with Crippen molar-refractivity contribution in [3.8, 4) is 0 Å². The SMILES string of the molecule is CN(CC(=O)O)C1CCCN(C(=O)C2(c3cccs3)CCCCC2)CC1. The molecule has 1 aliphatic carbocycles. The van der Waals surface area contributed by atoms with Crippen LogP contribution in [0.15, 0.2) is 17.5 Å². The zero-order valence-corrected chi connectivity index (χ0v) is 16.5. The Labute approximate surface area is 160 Å². The number of aliphatic carboxylic acids is 1. The molecular weight excluding hydrogens is 348 g/mol. The highest BCUT2D eigenvalue weighted by Crippen LogP contribution is 2.43. The van der Waals surface area contributed by atoms with Crippen molar-refractivity contribution in [2.24, 2.45) is 0 Å². The molecule has 2 aliphatic rings. The van der Waals surface area contributed by atoms with Crippen LogP contribution < -0.4 is 0 Å². The van der Waals surface area contributed by atoms with Crippen LogP contribution in [0.4, 0.5) is 0 Å². The molecule has 1 amide bonds. The zero-order chi connectivity index (χ0) is 18.6. The second-order valence-electron chi connectivity index (χ2n) is 7.81. The van der Waals surface area contributed by atoms with E-state index in [0.29, 0.717) is 5.91 Å². The third kappa shape index (κ3) is 4.12. The number of carboxylic acid groups (broad SMARTS) is 1. The fourth-order valence-electron chi connectivity index (χ4n) is 4.64. The normalized spacial score (nSPS) is 23.6. The third-order valence-electron chi connectivity index (χ3n) is 6.10. The first-order valence-corrected chi connectivity index (χ1v) is 10.7. The Hall–Kier alpha value is -1.40. The lowest BCUT2D eigenvalue weighted by Gasteiger charge is -2.39. The van der Waals surface area contributed by atoms with Crippen LogP contribution in [0.25, 0.3) is 0 Å². The quantitative estimate of drug-likeness (QED) is 0.854. The maximum Gasteiger partial charge on any atom is 0.317 e. The molecular formula is C20H30N2O3S. The number of carboxylic acids is 1. The molecule has 1 unspecified atom stereocenters. The van der Waals surface area contributed by atoms with Crippen molar-refractivity contribution in [1.29, 1.82) is 0 Å². The first-order valence-electron chi connectivity index (χ1n) is 9.78. The van der Waals surface area contributed by atoms with Crippen molar-refractivity contribution in [2.75, 3.05) is 26.7 Å². The summed E-state index contributed by atoms with van der Waals surface area (Å²) in [6, 6.07) is 4.44. The van der Waals surface area contributed by atoms with E-state index in [2.05, 4.69) is 22.4 Å². The summed E-state index contributed by atoms with van der Waals surface area (Å²) < 4.78 is 0. The Balaban J connectivity index is 1.71. The predicted molar refractivity (Wildman–Crippen MR) is 104 cm³/mol. The molecule has 6 heteroatoms. The van der Waals surface area contributed by atoms with E-state index in [-0.39, 0.29) is 18.0 Å². The molecule has 26 heavy (non-hydrogen) atoms. The fourth-order valence-corrected chi connectivity index (χ4v) is 5.62. The predicted octanol–water partition coefficient (Wildman–Crippen LogP) is 3.35. The Bertz CT molecular complexity index is 611. The topological polar surface area (TPSA) is 60.9 Å². The number of carbonyl (C=O) groups excluding carboxylic acids is 1. The molecule has 1 saturated carbocycles. The molecule has 1 aromatic rings. The molecule has 144 valence electrons. The second kappa shape index (κ2) is 8.53. The smallest absolute Gasteiger partial charge is 0.317 e. The first kappa shape index (κ1) is 19.4. The molecule has 2 fully saturated rings. The van der Waals surface area contributed by atoms with E-state index in [9.17, 15) is 9.59 Å². The van der Waals surface area contributed by atoms with Gasteiger partial charge in [-0.2, -0.15) is 0 Å². The highest BCUT2D eigenvalue weighted by atomic mass is 32.1. The summed E-state index contributed by atoms with van der Waals surface area (Å²) in [6.45, 7) is 1.60. The van der Waals surface area contributed by atoms with E-state index in [0.717, 1.165) is 58.0 Å². The van der Waals surface area contributed by atoms with Gasteiger partial charge in [0.1, 0.15) is 0 Å². The largest absolute Gasteiger partial charge is 0.480 e. The number of hydrogen-bond acceptors (Lipinski definition) is 4. The molecule has 5 nitrogen and oxygen atoms in total. The Morgan fingerprint density at radius 2 is 2.00 bits per heavy atom. The lowest BCUT2D eigenvalue weighted by molar-refractivity contribution is -0.140. The number of carbonyl (C=O) groups is 2. The first-order chi connectivity index (χ1) is 12.5. The number of amides is 1. The maximum absolute atomic E-state index is 13.6. The van der Waals surface area contributed by atoms with Crippen LogP contribution in [0, 0.1) is 0 Å². The molecule has 1 atom stereocenters. The number of likely N-dealkylation sites (N-methyl/N-ethyl adjacent to an activating group) is 1. The van der Waals surface area contributed by atoms with E-state index in [1.807, 2.05) is 11.9 Å². The van der Waals surface area contributed by atoms with Gasteiger partial charge in [0.15, 0.2) is 0 Å². The average molecular weight is 379 g/mol. The summed E-state index contributed by atoms with van der Waals surface area (Å²) in [7, 11) is 1.88. The highest BCUT2D eigenvalue weighted by Gasteiger charge is 2.44. The van der Waals surface area contributed by atoms with Gasteiger partial charge in [-0.1, -0.05) is 25.3 Å². The van der Waals surface area contributed by atoms with Crippen LogP contribution >= 0.6 is 11.3 Å². The van der Waals surface area contributed by atoms with Crippen LogP contribution in [-0.4, -0.2) is 59.5 Å². The van der Waals surface area contributed by atoms with Crippen molar-refractivity contribution in [3.63, 3.8) is 0 Å². The van der Waals surface area contributed by atoms with Crippen LogP contribution in [0.2, 0.25) is 0 Å². The maximum atomic E-state index is 13.6. The lowest BCUT2D eigenvalue weighted by Crippen LogP contribution is -2.48. The van der Waals surface area contributed by atoms with Crippen molar-refractivity contribution < 1.29 is 14.7 Å². The van der Waals surface area contributed by atoms with E-state index < -0.39 is 5.97 Å². The van der Waals surface area contributed by atoms with Crippen LogP contribution in [0.5, 0.6) is 0 Å². The number of rotatable bonds is 5. The molecule has 0 spiro atoms. The summed E-state index contributed by atoms with van der Waals surface area (Å²) in [4.78, 5) is 29.8. The third-order valence-corrected chi connectivity index (χ3v) is 7.18. The lowest BCUT2D eigenvalue weighted by atomic mass is 9.72. The van der Waals surface area contributed by atoms with Crippen molar-refractivity contribution in [3.05, 3.63) is 22.4 Å². The Kier molecular flexibility index (Phi) is 6.35. The van der Waals surface area contributed by atoms with E-state index in [1.165, 1.54) is 11.3 Å². The van der Waals surface area contributed by atoms with Gasteiger partial charge in [-0.3, -0.25) is 14.5 Å². The minimum atomic E-state index is -0.788. The summed E-state index contributed by atoms with van der Waals surface area (Å²) in [5.41, 5.74) is -0.320. The number of thiophene rings is 1. The van der Waals surface area contributed by atoms with Gasteiger partial charge in [0.2, 0.25) is 5.91 Å². The highest BCUT2D eigenvalue weighted by molar-refractivity contribution is 7.10. The minimum absolute atomic E-state index is 0.0672. The second-order valence-corrected chi connectivity index (χ2v) is 8.75. The summed E-state index contributed by atoms with van der Waals surface area (Å²) in [6.07, 6.45) is 8.16. The van der Waals surface area contributed by atoms with Crippen LogP contribution in [-0.2, 0) is 15.0 Å². The number of hydrogen-bond donors (Lipinski definition) is 1. The summed E-state index contributed by atoms with van der Waals surface area (Å²) >= 11 is 1.72. The van der Waals surface area contributed by atoms with Gasteiger partial charge < -0.3 is 10.0 Å². The molecule has 0 aromatic carbocycles. The van der Waals surface area contributed by atoms with Gasteiger partial charge in [0.05, 0.1) is 12.0 Å². The molecule has 1 aromatic heterocycles. The zero-order valence-electron chi connectivity index (χ0n) is 15.7. The molecule has 2 heterocycles. The molecule has 3 rings (SSSR count). The van der Waals surface area contributed by atoms with Crippen LogP contribution in [0.3, 0.4) is 0 Å². The molecule has 1 N–H and O–H groups in total. The Morgan fingerprint density at radius 3 is 2.65 bits per heavy atom. The van der Waals surface area contributed by atoms with Crippen molar-refractivity contribution in [1.82, 2.24) is 9.80 Å². The van der Waals surface area contributed by atoms with Gasteiger partial charge in [-0.15, -0.1) is 11.3 Å². The average Bonchev–Trinajstić information content (AvgIpc) is 3.06. The monoisotopic (exact) mass is 378 g/mol. The van der Waals surface area contributed by atoms with Gasteiger partial charge in [0, 0.05) is 24.0 Å². The van der Waals surface area contributed by atoms with Gasteiger partial charge in [-0.05, 0) is 50.6 Å². The minimum Gasteiger partial charge on any atom is -0.480 e. The van der Waals surface area contributed by atoms with Gasteiger partial charge >= 0.3 is 5.97 Å². The summed E-state index contributed by atoms with van der Waals surface area (Å²) in [5.74, 6) is -0.482. The van der Waals surface area contributed by atoms with E-state index in [1.54, 1.807) is 11.3 Å². The fraction of sp³-hybridized carbons (Fsp3) is 0.700. The molecule has 1 aliphatic heterocycles. The van der Waals surface area contributed by atoms with E-state index in [4.69, 9.17) is 5.11 Å². The number of nitrogens with zero attached hydrogens (tertiary/aromatic N) is 2. The van der Waals surface area contributed by atoms with E-state index >= 15 is 0 Å². The number of likely N-dealkylation sites (tertiary alicyclic amines) is 1. The molecule has 1 saturated heterocycles. The molecule has 0 bridgehead atoms. The van der Waals surface area contributed by atoms with Gasteiger partial charge in [-0.25, -0.2) is 0 Å².